The molecule has 1 aliphatic heterocycles. The Labute approximate surface area is 275 Å². The number of halogens is 1. The van der Waals surface area contributed by atoms with E-state index in [9.17, 15) is 18.8 Å². The first kappa shape index (κ1) is 34.4. The minimum Gasteiger partial charge on any atom is -0.491 e. The number of hydrogen-bond acceptors (Lipinski definition) is 10. The second-order valence-corrected chi connectivity index (χ2v) is 13.2. The van der Waals surface area contributed by atoms with Crippen molar-refractivity contribution in [3.8, 4) is 10.8 Å². The van der Waals surface area contributed by atoms with Crippen LogP contribution < -0.4 is 21.3 Å². The minimum atomic E-state index is -1.57. The number of carbonyl (C=O) groups is 1. The standard InChI is InChI=1S/C32H41FN6O7S/c1-19(2)36-30(41)32(4,5)38-27(40)26-20(3)28(39-34-11-12-35-39)47-29(26)37(31(38)42)18-25(46-22-9-13-44-14-10-22)23-17-21(33)7-8-24(23)45-16-15-43-6/h7-8,11-12,17,19,22,25H,9-10,13-16,18H2,1-6H3,(H,36,41). The number of amides is 1. The lowest BCUT2D eigenvalue weighted by Crippen LogP contribution is -2.56. The summed E-state index contributed by atoms with van der Waals surface area (Å²) in [7, 11) is 1.55. The molecule has 1 N–H and O–H groups in total. The molecule has 13 nitrogen and oxygen atoms in total. The monoisotopic (exact) mass is 672 g/mol. The number of nitrogens with zero attached hydrogens (tertiary/aromatic N) is 5. The van der Waals surface area contributed by atoms with Crippen molar-refractivity contribution in [1.29, 1.82) is 0 Å². The van der Waals surface area contributed by atoms with E-state index in [0.29, 0.717) is 59.4 Å². The molecule has 4 heterocycles. The summed E-state index contributed by atoms with van der Waals surface area (Å²) in [5.41, 5.74) is -1.97. The highest BCUT2D eigenvalue weighted by atomic mass is 32.1. The van der Waals surface area contributed by atoms with E-state index >= 15 is 0 Å². The van der Waals surface area contributed by atoms with Gasteiger partial charge >= 0.3 is 5.69 Å². The number of carbonyl (C=O) groups excluding carboxylic acids is 1. The normalized spacial score (nSPS) is 15.0. The third-order valence-electron chi connectivity index (χ3n) is 8.06. The summed E-state index contributed by atoms with van der Waals surface area (Å²) in [6.07, 6.45) is 3.10. The van der Waals surface area contributed by atoms with Crippen LogP contribution in [0.3, 0.4) is 0 Å². The zero-order valence-corrected chi connectivity index (χ0v) is 28.3. The number of aryl methyl sites for hydroxylation is 1. The molecule has 0 radical (unpaired) electrons. The number of fused-ring (bicyclic) bond motifs is 1. The van der Waals surface area contributed by atoms with Crippen LogP contribution in [0.15, 0.2) is 40.2 Å². The zero-order valence-electron chi connectivity index (χ0n) is 27.4. The van der Waals surface area contributed by atoms with E-state index in [2.05, 4.69) is 15.5 Å². The maximum Gasteiger partial charge on any atom is 0.333 e. The van der Waals surface area contributed by atoms with Gasteiger partial charge < -0.3 is 24.3 Å². The Kier molecular flexibility index (Phi) is 10.6. The van der Waals surface area contributed by atoms with Crippen molar-refractivity contribution in [3.05, 3.63) is 68.4 Å². The van der Waals surface area contributed by atoms with Gasteiger partial charge in [-0.15, -0.1) is 4.80 Å². The highest BCUT2D eigenvalue weighted by molar-refractivity contribution is 7.21. The van der Waals surface area contributed by atoms with Crippen molar-refractivity contribution < 1.29 is 28.1 Å². The lowest BCUT2D eigenvalue weighted by Gasteiger charge is -2.31. The van der Waals surface area contributed by atoms with Crippen LogP contribution in [0.2, 0.25) is 0 Å². The molecule has 1 amide bonds. The van der Waals surface area contributed by atoms with Gasteiger partial charge in [-0.3, -0.25) is 14.2 Å². The average molecular weight is 673 g/mol. The highest BCUT2D eigenvalue weighted by Gasteiger charge is 2.37. The van der Waals surface area contributed by atoms with E-state index in [-0.39, 0.29) is 30.7 Å². The van der Waals surface area contributed by atoms with Crippen molar-refractivity contribution >= 4 is 27.5 Å². The van der Waals surface area contributed by atoms with Gasteiger partial charge in [-0.1, -0.05) is 11.3 Å². The summed E-state index contributed by atoms with van der Waals surface area (Å²) in [5, 5.41) is 12.1. The first-order valence-corrected chi connectivity index (χ1v) is 16.4. The summed E-state index contributed by atoms with van der Waals surface area (Å²) >= 11 is 1.17. The molecule has 4 aromatic rings. The zero-order chi connectivity index (χ0) is 33.9. The molecule has 0 spiro atoms. The molecule has 0 saturated carbocycles. The molecule has 1 atom stereocenters. The summed E-state index contributed by atoms with van der Waals surface area (Å²) in [6.45, 7) is 9.80. The number of rotatable bonds is 13. The number of thiophene rings is 1. The number of nitrogens with one attached hydrogen (secondary N) is 1. The van der Waals surface area contributed by atoms with Gasteiger partial charge in [0.2, 0.25) is 5.91 Å². The first-order valence-electron chi connectivity index (χ1n) is 15.6. The molecule has 1 aromatic carbocycles. The van der Waals surface area contributed by atoms with E-state index in [1.165, 1.54) is 65.1 Å². The predicted octanol–water partition coefficient (Wildman–Crippen LogP) is 3.47. The Morgan fingerprint density at radius 2 is 1.87 bits per heavy atom. The van der Waals surface area contributed by atoms with E-state index in [1.54, 1.807) is 27.9 Å². The second kappa shape index (κ2) is 14.5. The van der Waals surface area contributed by atoms with Crippen molar-refractivity contribution in [2.24, 2.45) is 0 Å². The van der Waals surface area contributed by atoms with Gasteiger partial charge in [0.05, 0.1) is 37.0 Å². The molecule has 47 heavy (non-hydrogen) atoms. The van der Waals surface area contributed by atoms with Crippen LogP contribution in [-0.2, 0) is 31.1 Å². The van der Waals surface area contributed by atoms with Crippen LogP contribution in [0, 0.1) is 12.7 Å². The Bertz CT molecular complexity index is 1830. The van der Waals surface area contributed by atoms with E-state index in [1.807, 2.05) is 0 Å². The van der Waals surface area contributed by atoms with Gasteiger partial charge in [0.25, 0.3) is 5.56 Å². The van der Waals surface area contributed by atoms with Crippen LogP contribution in [0.4, 0.5) is 4.39 Å². The van der Waals surface area contributed by atoms with Gasteiger partial charge in [0.15, 0.2) is 0 Å². The molecule has 0 aliphatic carbocycles. The molecular formula is C32H41FN6O7S. The maximum atomic E-state index is 14.9. The van der Waals surface area contributed by atoms with E-state index in [0.717, 1.165) is 4.57 Å². The molecule has 1 aliphatic rings. The Morgan fingerprint density at radius 3 is 2.53 bits per heavy atom. The molecule has 254 valence electrons. The van der Waals surface area contributed by atoms with Crippen molar-refractivity contribution in [1.82, 2.24) is 29.4 Å². The van der Waals surface area contributed by atoms with Gasteiger partial charge in [-0.2, -0.15) is 10.2 Å². The molecular weight excluding hydrogens is 631 g/mol. The molecule has 1 saturated heterocycles. The number of ether oxygens (including phenoxy) is 4. The molecule has 1 fully saturated rings. The predicted molar refractivity (Wildman–Crippen MR) is 174 cm³/mol. The van der Waals surface area contributed by atoms with Crippen molar-refractivity contribution in [2.45, 2.75) is 77.8 Å². The van der Waals surface area contributed by atoms with Gasteiger partial charge in [-0.25, -0.2) is 13.8 Å². The van der Waals surface area contributed by atoms with Crippen molar-refractivity contribution in [3.63, 3.8) is 0 Å². The summed E-state index contributed by atoms with van der Waals surface area (Å²) in [4.78, 5) is 44.1. The largest absolute Gasteiger partial charge is 0.491 e. The molecule has 3 aromatic heterocycles. The topological polar surface area (TPSA) is 141 Å². The Morgan fingerprint density at radius 1 is 1.17 bits per heavy atom. The average Bonchev–Trinajstić information content (AvgIpc) is 3.68. The number of hydrogen-bond donors (Lipinski definition) is 1. The van der Waals surface area contributed by atoms with Crippen LogP contribution in [0.1, 0.15) is 57.8 Å². The second-order valence-electron chi connectivity index (χ2n) is 12.2. The molecule has 5 rings (SSSR count). The van der Waals surface area contributed by atoms with Gasteiger partial charge in [0.1, 0.15) is 39.6 Å². The van der Waals surface area contributed by atoms with Crippen LogP contribution in [-0.4, -0.2) is 75.7 Å². The summed E-state index contributed by atoms with van der Waals surface area (Å²) in [5.74, 6) is -0.625. The summed E-state index contributed by atoms with van der Waals surface area (Å²) in [6, 6.07) is 3.92. The third kappa shape index (κ3) is 7.17. The molecule has 15 heteroatoms. The fraction of sp³-hybridized carbons (Fsp3) is 0.531. The van der Waals surface area contributed by atoms with Crippen molar-refractivity contribution in [2.75, 3.05) is 33.5 Å². The lowest BCUT2D eigenvalue weighted by molar-refractivity contribution is -0.129. The Balaban J connectivity index is 1.74. The van der Waals surface area contributed by atoms with E-state index < -0.39 is 34.6 Å². The molecule has 0 bridgehead atoms. The number of aromatic nitrogens is 5. The van der Waals surface area contributed by atoms with E-state index in [4.69, 9.17) is 18.9 Å². The third-order valence-corrected chi connectivity index (χ3v) is 9.34. The molecule has 1 unspecified atom stereocenters. The number of benzene rings is 1. The van der Waals surface area contributed by atoms with Crippen LogP contribution >= 0.6 is 11.3 Å². The Hall–Kier alpha value is -3.92. The summed E-state index contributed by atoms with van der Waals surface area (Å²) < 4.78 is 40.6. The smallest absolute Gasteiger partial charge is 0.333 e. The minimum absolute atomic E-state index is 0.120. The van der Waals surface area contributed by atoms with Gasteiger partial charge in [-0.05, 0) is 65.7 Å². The SMILES string of the molecule is COCCOc1ccc(F)cc1C(Cn1c(=O)n(C(C)(C)C(=O)NC(C)C)c(=O)c2c(C)c(-n3nccn3)sc21)OC1CCOCC1. The van der Waals surface area contributed by atoms with Crippen LogP contribution in [0.5, 0.6) is 5.75 Å². The number of methoxy groups -OCH3 is 1. The maximum absolute atomic E-state index is 14.9. The lowest BCUT2D eigenvalue weighted by atomic mass is 10.0. The first-order chi connectivity index (χ1) is 22.4. The highest BCUT2D eigenvalue weighted by Crippen LogP contribution is 2.35. The fourth-order valence-electron chi connectivity index (χ4n) is 5.60. The fourth-order valence-corrected chi connectivity index (χ4v) is 6.82. The quantitative estimate of drug-likeness (QED) is 0.212. The van der Waals surface area contributed by atoms with Crippen LogP contribution in [0.25, 0.3) is 15.2 Å². The van der Waals surface area contributed by atoms with Gasteiger partial charge in [0, 0.05) is 37.5 Å².